The predicted octanol–water partition coefficient (Wildman–Crippen LogP) is 2.77. The summed E-state index contributed by atoms with van der Waals surface area (Å²) < 4.78 is 10.6. The van der Waals surface area contributed by atoms with Gasteiger partial charge in [-0.1, -0.05) is 18.2 Å². The quantitative estimate of drug-likeness (QED) is 0.909. The fraction of sp³-hybridized carbons (Fsp3) is 0.143. The molecular weight excluding hydrogens is 242 g/mol. The number of methoxy groups -OCH3 is 1. The number of anilines is 1. The molecule has 0 aliphatic rings. The normalized spacial score (nSPS) is 10.4. The lowest BCUT2D eigenvalue weighted by Gasteiger charge is -2.02. The van der Waals surface area contributed by atoms with Crippen LogP contribution in [-0.4, -0.2) is 19.1 Å². The minimum Gasteiger partial charge on any atom is -0.496 e. The first-order valence-corrected chi connectivity index (χ1v) is 5.68. The van der Waals surface area contributed by atoms with Crippen molar-refractivity contribution in [2.24, 2.45) is 0 Å². The molecule has 0 saturated heterocycles. The number of nitrogens with one attached hydrogen (secondary N) is 1. The van der Waals surface area contributed by atoms with Crippen LogP contribution in [0.2, 0.25) is 0 Å². The van der Waals surface area contributed by atoms with Crippen molar-refractivity contribution in [2.75, 3.05) is 19.5 Å². The summed E-state index contributed by atoms with van der Waals surface area (Å²) in [5.74, 6) is 1.49. The average molecular weight is 255 g/mol. The van der Waals surface area contributed by atoms with Crippen LogP contribution in [0.25, 0.3) is 12.2 Å². The van der Waals surface area contributed by atoms with Gasteiger partial charge in [0.1, 0.15) is 11.8 Å². The van der Waals surface area contributed by atoms with E-state index in [1.807, 2.05) is 36.4 Å². The van der Waals surface area contributed by atoms with Gasteiger partial charge in [-0.2, -0.15) is 10.2 Å². The van der Waals surface area contributed by atoms with E-state index in [1.54, 1.807) is 20.2 Å². The molecule has 2 aromatic rings. The van der Waals surface area contributed by atoms with E-state index in [2.05, 4.69) is 10.3 Å². The molecule has 0 bridgehead atoms. The van der Waals surface area contributed by atoms with E-state index in [0.29, 0.717) is 11.8 Å². The maximum absolute atomic E-state index is 8.87. The number of benzene rings is 1. The number of oxazole rings is 1. The highest BCUT2D eigenvalue weighted by molar-refractivity contribution is 5.70. The standard InChI is InChI=1S/C14H13N3O2/c1-16-14-11(9-15)17-13(19-14)8-7-10-5-3-4-6-12(10)18-2/h3-8,16H,1-2H3. The van der Waals surface area contributed by atoms with E-state index < -0.39 is 0 Å². The largest absolute Gasteiger partial charge is 0.496 e. The Morgan fingerprint density at radius 1 is 1.37 bits per heavy atom. The monoisotopic (exact) mass is 255 g/mol. The lowest BCUT2D eigenvalue weighted by atomic mass is 10.2. The molecule has 0 fully saturated rings. The maximum atomic E-state index is 8.87. The zero-order valence-electron chi connectivity index (χ0n) is 10.7. The number of aromatic nitrogens is 1. The molecule has 0 radical (unpaired) electrons. The summed E-state index contributed by atoms with van der Waals surface area (Å²) in [7, 11) is 3.29. The molecule has 0 aliphatic heterocycles. The van der Waals surface area contributed by atoms with E-state index in [9.17, 15) is 0 Å². The molecule has 0 atom stereocenters. The number of nitrogens with zero attached hydrogens (tertiary/aromatic N) is 2. The van der Waals surface area contributed by atoms with Crippen molar-refractivity contribution in [3.63, 3.8) is 0 Å². The highest BCUT2D eigenvalue weighted by atomic mass is 16.5. The van der Waals surface area contributed by atoms with Crippen LogP contribution < -0.4 is 10.1 Å². The maximum Gasteiger partial charge on any atom is 0.232 e. The Labute approximate surface area is 111 Å². The molecular formula is C14H13N3O2. The first-order chi connectivity index (χ1) is 9.28. The Kier molecular flexibility index (Phi) is 3.84. The van der Waals surface area contributed by atoms with Crippen molar-refractivity contribution < 1.29 is 9.15 Å². The van der Waals surface area contributed by atoms with Gasteiger partial charge in [-0.15, -0.1) is 0 Å². The van der Waals surface area contributed by atoms with Crippen LogP contribution in [0.3, 0.4) is 0 Å². The van der Waals surface area contributed by atoms with Gasteiger partial charge in [0.15, 0.2) is 0 Å². The summed E-state index contributed by atoms with van der Waals surface area (Å²) >= 11 is 0. The van der Waals surface area contributed by atoms with Gasteiger partial charge in [-0.05, 0) is 12.1 Å². The van der Waals surface area contributed by atoms with Gasteiger partial charge in [0.25, 0.3) is 0 Å². The summed E-state index contributed by atoms with van der Waals surface area (Å²) in [6.45, 7) is 0. The van der Waals surface area contributed by atoms with Gasteiger partial charge in [0.05, 0.1) is 7.11 Å². The van der Waals surface area contributed by atoms with Crippen LogP contribution in [0.5, 0.6) is 5.75 Å². The minimum atomic E-state index is 0.238. The molecule has 1 N–H and O–H groups in total. The predicted molar refractivity (Wildman–Crippen MR) is 72.7 cm³/mol. The number of hydrogen-bond donors (Lipinski definition) is 1. The first kappa shape index (κ1) is 12.7. The SMILES string of the molecule is CNc1oc(C=Cc2ccccc2OC)nc1C#N. The van der Waals surface area contributed by atoms with Crippen LogP contribution in [-0.2, 0) is 0 Å². The Morgan fingerprint density at radius 3 is 2.79 bits per heavy atom. The Morgan fingerprint density at radius 2 is 2.16 bits per heavy atom. The highest BCUT2D eigenvalue weighted by Gasteiger charge is 2.09. The van der Waals surface area contributed by atoms with E-state index in [1.165, 1.54) is 0 Å². The number of nitriles is 1. The van der Waals surface area contributed by atoms with Crippen LogP contribution in [0, 0.1) is 11.3 Å². The lowest BCUT2D eigenvalue weighted by molar-refractivity contribution is 0.414. The zero-order valence-corrected chi connectivity index (χ0v) is 10.7. The average Bonchev–Trinajstić information content (AvgIpc) is 2.87. The van der Waals surface area contributed by atoms with Crippen LogP contribution in [0.15, 0.2) is 28.7 Å². The zero-order chi connectivity index (χ0) is 13.7. The van der Waals surface area contributed by atoms with E-state index in [0.717, 1.165) is 11.3 Å². The molecule has 5 heteroatoms. The van der Waals surface area contributed by atoms with Gasteiger partial charge in [0, 0.05) is 18.7 Å². The first-order valence-electron chi connectivity index (χ1n) is 5.68. The van der Waals surface area contributed by atoms with Gasteiger partial charge in [-0.3, -0.25) is 0 Å². The molecule has 0 saturated carbocycles. The van der Waals surface area contributed by atoms with Gasteiger partial charge in [0.2, 0.25) is 17.5 Å². The molecule has 96 valence electrons. The number of hydrogen-bond acceptors (Lipinski definition) is 5. The number of para-hydroxylation sites is 1. The number of ether oxygens (including phenoxy) is 1. The third-order valence-corrected chi connectivity index (χ3v) is 2.52. The summed E-state index contributed by atoms with van der Waals surface area (Å²) in [5.41, 5.74) is 1.15. The summed E-state index contributed by atoms with van der Waals surface area (Å²) in [4.78, 5) is 4.05. The van der Waals surface area contributed by atoms with Gasteiger partial charge >= 0.3 is 0 Å². The van der Waals surface area contributed by atoms with Crippen molar-refractivity contribution in [2.45, 2.75) is 0 Å². The Hall–Kier alpha value is -2.74. The smallest absolute Gasteiger partial charge is 0.232 e. The number of rotatable bonds is 4. The summed E-state index contributed by atoms with van der Waals surface area (Å²) in [5, 5.41) is 11.7. The van der Waals surface area contributed by atoms with Crippen molar-refractivity contribution >= 4 is 18.0 Å². The topological polar surface area (TPSA) is 71.1 Å². The molecule has 0 aliphatic carbocycles. The Balaban J connectivity index is 2.28. The van der Waals surface area contributed by atoms with Gasteiger partial charge in [-0.25, -0.2) is 0 Å². The molecule has 1 heterocycles. The summed E-state index contributed by atoms with van der Waals surface area (Å²) in [6, 6.07) is 9.56. The fourth-order valence-electron chi connectivity index (χ4n) is 1.62. The minimum absolute atomic E-state index is 0.238. The molecule has 1 aromatic carbocycles. The van der Waals surface area contributed by atoms with Crippen molar-refractivity contribution in [1.82, 2.24) is 4.98 Å². The van der Waals surface area contributed by atoms with E-state index >= 15 is 0 Å². The van der Waals surface area contributed by atoms with Crippen LogP contribution in [0.1, 0.15) is 17.1 Å². The molecule has 0 amide bonds. The van der Waals surface area contributed by atoms with Crippen LogP contribution in [0.4, 0.5) is 5.88 Å². The second-order valence-electron chi connectivity index (χ2n) is 3.67. The van der Waals surface area contributed by atoms with Crippen molar-refractivity contribution in [3.05, 3.63) is 41.4 Å². The van der Waals surface area contributed by atoms with Crippen LogP contribution >= 0.6 is 0 Å². The van der Waals surface area contributed by atoms with Crippen molar-refractivity contribution in [1.29, 1.82) is 5.26 Å². The molecule has 19 heavy (non-hydrogen) atoms. The highest BCUT2D eigenvalue weighted by Crippen LogP contribution is 2.21. The summed E-state index contributed by atoms with van der Waals surface area (Å²) in [6.07, 6.45) is 3.52. The molecule has 5 nitrogen and oxygen atoms in total. The van der Waals surface area contributed by atoms with E-state index in [-0.39, 0.29) is 5.69 Å². The fourth-order valence-corrected chi connectivity index (χ4v) is 1.62. The third kappa shape index (κ3) is 2.75. The van der Waals surface area contributed by atoms with Crippen molar-refractivity contribution in [3.8, 4) is 11.8 Å². The molecule has 2 rings (SSSR count). The molecule has 0 spiro atoms. The Bertz CT molecular complexity index is 638. The second-order valence-corrected chi connectivity index (χ2v) is 3.67. The molecule has 0 unspecified atom stereocenters. The lowest BCUT2D eigenvalue weighted by Crippen LogP contribution is -1.87. The third-order valence-electron chi connectivity index (χ3n) is 2.52. The second kappa shape index (κ2) is 5.74. The van der Waals surface area contributed by atoms with E-state index in [4.69, 9.17) is 14.4 Å². The molecule has 1 aromatic heterocycles. The van der Waals surface area contributed by atoms with Gasteiger partial charge < -0.3 is 14.5 Å².